The lowest BCUT2D eigenvalue weighted by Crippen LogP contribution is -2.30. The average molecular weight is 311 g/mol. The Kier molecular flexibility index (Phi) is 4.46. The lowest BCUT2D eigenvalue weighted by atomic mass is 10.1. The molecule has 1 fully saturated rings. The summed E-state index contributed by atoms with van der Waals surface area (Å²) >= 11 is 0. The number of hydrogen-bond acceptors (Lipinski definition) is 4. The minimum Gasteiger partial charge on any atom is -0.508 e. The summed E-state index contributed by atoms with van der Waals surface area (Å²) in [5.74, 6) is 0.923. The molecular weight excluding hydrogens is 290 g/mol. The molecule has 1 aromatic heterocycles. The van der Waals surface area contributed by atoms with Gasteiger partial charge in [-0.3, -0.25) is 4.79 Å². The predicted octanol–water partition coefficient (Wildman–Crippen LogP) is 3.34. The smallest absolute Gasteiger partial charge is 0.257 e. The monoisotopic (exact) mass is 311 g/mol. The Hall–Kier alpha value is -2.56. The van der Waals surface area contributed by atoms with Crippen molar-refractivity contribution in [1.29, 1.82) is 0 Å². The lowest BCUT2D eigenvalue weighted by Gasteiger charge is -2.27. The number of phenols is 1. The van der Waals surface area contributed by atoms with Crippen molar-refractivity contribution in [1.82, 2.24) is 4.98 Å². The molecule has 1 aliphatic rings. The Morgan fingerprint density at radius 2 is 1.96 bits per heavy atom. The van der Waals surface area contributed by atoms with Gasteiger partial charge in [-0.25, -0.2) is 4.98 Å². The number of aryl methyl sites for hydroxylation is 1. The Labute approximate surface area is 136 Å². The number of carbonyl (C=O) groups is 1. The second-order valence-electron chi connectivity index (χ2n) is 5.91. The van der Waals surface area contributed by atoms with Gasteiger partial charge in [0.15, 0.2) is 0 Å². The van der Waals surface area contributed by atoms with Gasteiger partial charge < -0.3 is 15.3 Å². The van der Waals surface area contributed by atoms with Crippen molar-refractivity contribution in [3.05, 3.63) is 47.7 Å². The van der Waals surface area contributed by atoms with Crippen LogP contribution in [-0.4, -0.2) is 29.1 Å². The Balaban J connectivity index is 1.69. The summed E-state index contributed by atoms with van der Waals surface area (Å²) in [6.45, 7) is 3.91. The number of nitrogens with one attached hydrogen (secondary N) is 1. The summed E-state index contributed by atoms with van der Waals surface area (Å²) in [7, 11) is 0. The molecule has 0 bridgehead atoms. The highest BCUT2D eigenvalue weighted by molar-refractivity contribution is 6.04. The standard InChI is InChI=1S/C18H21N3O2/c1-13-11-15(22)6-7-16(13)20-18(23)14-5-8-17(19-12-14)21-9-3-2-4-10-21/h5-8,11-12,22H,2-4,9-10H2,1H3,(H,20,23). The number of phenolic OH excluding ortho intramolecular Hbond substituents is 1. The first-order valence-electron chi connectivity index (χ1n) is 7.95. The van der Waals surface area contributed by atoms with Crippen LogP contribution in [0, 0.1) is 6.92 Å². The number of carbonyl (C=O) groups excluding carboxylic acids is 1. The molecule has 5 heteroatoms. The van der Waals surface area contributed by atoms with Crippen LogP contribution in [0.15, 0.2) is 36.5 Å². The minimum atomic E-state index is -0.198. The van der Waals surface area contributed by atoms with Crippen LogP contribution in [0.4, 0.5) is 11.5 Å². The number of nitrogens with zero attached hydrogens (tertiary/aromatic N) is 2. The highest BCUT2D eigenvalue weighted by atomic mass is 16.3. The van der Waals surface area contributed by atoms with Crippen molar-refractivity contribution in [2.75, 3.05) is 23.3 Å². The number of pyridine rings is 1. The van der Waals surface area contributed by atoms with Crippen LogP contribution in [0.5, 0.6) is 5.75 Å². The number of hydrogen-bond donors (Lipinski definition) is 2. The maximum atomic E-state index is 12.3. The molecule has 0 saturated carbocycles. The number of anilines is 2. The van der Waals surface area contributed by atoms with E-state index < -0.39 is 0 Å². The molecule has 0 radical (unpaired) electrons. The summed E-state index contributed by atoms with van der Waals surface area (Å²) in [6.07, 6.45) is 5.30. The van der Waals surface area contributed by atoms with Crippen molar-refractivity contribution in [2.24, 2.45) is 0 Å². The Morgan fingerprint density at radius 3 is 2.61 bits per heavy atom. The molecule has 23 heavy (non-hydrogen) atoms. The van der Waals surface area contributed by atoms with Crippen molar-refractivity contribution in [3.8, 4) is 5.75 Å². The molecule has 0 unspecified atom stereocenters. The van der Waals surface area contributed by atoms with E-state index in [1.54, 1.807) is 24.4 Å². The number of aromatic hydroxyl groups is 1. The maximum Gasteiger partial charge on any atom is 0.257 e. The van der Waals surface area contributed by atoms with Gasteiger partial charge >= 0.3 is 0 Å². The third-order valence-corrected chi connectivity index (χ3v) is 4.15. The molecule has 1 amide bonds. The van der Waals surface area contributed by atoms with Crippen LogP contribution in [0.3, 0.4) is 0 Å². The number of piperidine rings is 1. The van der Waals surface area contributed by atoms with Crippen molar-refractivity contribution >= 4 is 17.4 Å². The zero-order valence-electron chi connectivity index (χ0n) is 13.2. The van der Waals surface area contributed by atoms with E-state index in [9.17, 15) is 9.90 Å². The molecular formula is C18H21N3O2. The fraction of sp³-hybridized carbons (Fsp3) is 0.333. The zero-order valence-corrected chi connectivity index (χ0v) is 13.2. The van der Waals surface area contributed by atoms with E-state index in [1.807, 2.05) is 19.1 Å². The largest absolute Gasteiger partial charge is 0.508 e. The van der Waals surface area contributed by atoms with Crippen LogP contribution in [0.2, 0.25) is 0 Å². The minimum absolute atomic E-state index is 0.188. The number of aromatic nitrogens is 1. The predicted molar refractivity (Wildman–Crippen MR) is 91.1 cm³/mol. The molecule has 0 atom stereocenters. The van der Waals surface area contributed by atoms with Gasteiger partial charge in [0, 0.05) is 25.0 Å². The summed E-state index contributed by atoms with van der Waals surface area (Å²) in [5.41, 5.74) is 2.03. The van der Waals surface area contributed by atoms with Crippen molar-refractivity contribution < 1.29 is 9.90 Å². The first kappa shape index (κ1) is 15.3. The normalized spacial score (nSPS) is 14.6. The van der Waals surface area contributed by atoms with E-state index in [0.717, 1.165) is 24.5 Å². The maximum absolute atomic E-state index is 12.3. The topological polar surface area (TPSA) is 65.5 Å². The molecule has 2 aromatic rings. The lowest BCUT2D eigenvalue weighted by molar-refractivity contribution is 0.102. The van der Waals surface area contributed by atoms with Gasteiger partial charge in [0.05, 0.1) is 5.56 Å². The van der Waals surface area contributed by atoms with Crippen molar-refractivity contribution in [2.45, 2.75) is 26.2 Å². The molecule has 5 nitrogen and oxygen atoms in total. The van der Waals surface area contributed by atoms with Gasteiger partial charge in [-0.05, 0) is 62.1 Å². The van der Waals surface area contributed by atoms with Gasteiger partial charge in [-0.2, -0.15) is 0 Å². The zero-order chi connectivity index (χ0) is 16.2. The fourth-order valence-electron chi connectivity index (χ4n) is 2.81. The average Bonchev–Trinajstić information content (AvgIpc) is 2.58. The van der Waals surface area contributed by atoms with Gasteiger partial charge in [-0.1, -0.05) is 0 Å². The SMILES string of the molecule is Cc1cc(O)ccc1NC(=O)c1ccc(N2CCCCC2)nc1. The number of rotatable bonds is 3. The molecule has 1 saturated heterocycles. The molecule has 2 heterocycles. The second-order valence-corrected chi connectivity index (χ2v) is 5.91. The third-order valence-electron chi connectivity index (χ3n) is 4.15. The van der Waals surface area contributed by atoms with E-state index >= 15 is 0 Å². The van der Waals surface area contributed by atoms with Gasteiger partial charge in [-0.15, -0.1) is 0 Å². The first-order valence-corrected chi connectivity index (χ1v) is 7.95. The molecule has 1 aliphatic heterocycles. The third kappa shape index (κ3) is 3.62. The highest BCUT2D eigenvalue weighted by Gasteiger charge is 2.13. The van der Waals surface area contributed by atoms with Crippen LogP contribution in [-0.2, 0) is 0 Å². The summed E-state index contributed by atoms with van der Waals surface area (Å²) in [6, 6.07) is 8.58. The summed E-state index contributed by atoms with van der Waals surface area (Å²) < 4.78 is 0. The highest BCUT2D eigenvalue weighted by Crippen LogP contribution is 2.21. The first-order chi connectivity index (χ1) is 11.1. The van der Waals surface area contributed by atoms with Gasteiger partial charge in [0.25, 0.3) is 5.91 Å². The molecule has 0 spiro atoms. The molecule has 120 valence electrons. The number of benzene rings is 1. The Bertz CT molecular complexity index is 692. The van der Waals surface area contributed by atoms with Crippen LogP contribution in [0.1, 0.15) is 35.2 Å². The van der Waals surface area contributed by atoms with E-state index in [0.29, 0.717) is 11.3 Å². The molecule has 2 N–H and O–H groups in total. The van der Waals surface area contributed by atoms with Crippen LogP contribution in [0.25, 0.3) is 0 Å². The van der Waals surface area contributed by atoms with Crippen molar-refractivity contribution in [3.63, 3.8) is 0 Å². The fourth-order valence-corrected chi connectivity index (χ4v) is 2.81. The summed E-state index contributed by atoms with van der Waals surface area (Å²) in [5, 5.41) is 12.3. The van der Waals surface area contributed by atoms with E-state index in [-0.39, 0.29) is 11.7 Å². The van der Waals surface area contributed by atoms with Gasteiger partial charge in [0.1, 0.15) is 11.6 Å². The second kappa shape index (κ2) is 6.69. The van der Waals surface area contributed by atoms with Crippen LogP contribution < -0.4 is 10.2 Å². The summed E-state index contributed by atoms with van der Waals surface area (Å²) in [4.78, 5) is 19.0. The van der Waals surface area contributed by atoms with Crippen LogP contribution >= 0.6 is 0 Å². The molecule has 3 rings (SSSR count). The molecule has 0 aliphatic carbocycles. The van der Waals surface area contributed by atoms with E-state index in [4.69, 9.17) is 0 Å². The quantitative estimate of drug-likeness (QED) is 0.853. The van der Waals surface area contributed by atoms with Gasteiger partial charge in [0.2, 0.25) is 0 Å². The van der Waals surface area contributed by atoms with E-state index in [2.05, 4.69) is 15.2 Å². The van der Waals surface area contributed by atoms with E-state index in [1.165, 1.54) is 19.3 Å². The molecule has 1 aromatic carbocycles. The number of amides is 1. The Morgan fingerprint density at radius 1 is 1.17 bits per heavy atom.